The van der Waals surface area contributed by atoms with Gasteiger partial charge in [0.05, 0.1) is 19.8 Å². The average molecular weight is 276 g/mol. The van der Waals surface area contributed by atoms with Gasteiger partial charge in [-0.15, -0.1) is 0 Å². The van der Waals surface area contributed by atoms with Crippen LogP contribution in [0.5, 0.6) is 5.75 Å². The van der Waals surface area contributed by atoms with Gasteiger partial charge in [0.1, 0.15) is 12.4 Å². The molecular formula is C16H20O4. The van der Waals surface area contributed by atoms with Gasteiger partial charge in [-0.2, -0.15) is 0 Å². The van der Waals surface area contributed by atoms with Crippen LogP contribution >= 0.6 is 0 Å². The molecule has 1 heterocycles. The summed E-state index contributed by atoms with van der Waals surface area (Å²) in [7, 11) is 0. The first kappa shape index (κ1) is 14.6. The second kappa shape index (κ2) is 6.57. The zero-order chi connectivity index (χ0) is 14.4. The number of esters is 1. The summed E-state index contributed by atoms with van der Waals surface area (Å²) in [5, 5.41) is 0. The number of rotatable bonds is 6. The third kappa shape index (κ3) is 4.10. The zero-order valence-electron chi connectivity index (χ0n) is 11.9. The molecule has 0 atom stereocenters. The number of benzene rings is 1. The normalized spacial score (nSPS) is 16.7. The standard InChI is InChI=1S/C16H20O4/c1-3-19-14-7-4-13(5-8-14)6-9-15(17)20-12-16(2)10-18-11-16/h4-9H,3,10-12H2,1-2H3. The molecule has 1 saturated heterocycles. The van der Waals surface area contributed by atoms with Crippen molar-refractivity contribution in [3.63, 3.8) is 0 Å². The largest absolute Gasteiger partial charge is 0.494 e. The predicted molar refractivity (Wildman–Crippen MR) is 76.5 cm³/mol. The van der Waals surface area contributed by atoms with Gasteiger partial charge < -0.3 is 14.2 Å². The lowest BCUT2D eigenvalue weighted by Crippen LogP contribution is -2.43. The second-order valence-corrected chi connectivity index (χ2v) is 5.25. The highest BCUT2D eigenvalue weighted by Gasteiger charge is 2.34. The summed E-state index contributed by atoms with van der Waals surface area (Å²) in [4.78, 5) is 11.6. The Balaban J connectivity index is 1.80. The summed E-state index contributed by atoms with van der Waals surface area (Å²) in [6, 6.07) is 7.55. The van der Waals surface area contributed by atoms with Crippen LogP contribution in [-0.4, -0.2) is 32.4 Å². The molecular weight excluding hydrogens is 256 g/mol. The van der Waals surface area contributed by atoms with Crippen molar-refractivity contribution in [3.8, 4) is 5.75 Å². The number of carbonyl (C=O) groups excluding carboxylic acids is 1. The fraction of sp³-hybridized carbons (Fsp3) is 0.438. The van der Waals surface area contributed by atoms with Crippen molar-refractivity contribution in [2.24, 2.45) is 5.41 Å². The van der Waals surface area contributed by atoms with Crippen molar-refractivity contribution >= 4 is 12.0 Å². The Morgan fingerprint density at radius 3 is 2.60 bits per heavy atom. The Labute approximate surface area is 119 Å². The lowest BCUT2D eigenvalue weighted by Gasteiger charge is -2.36. The molecule has 0 amide bonds. The van der Waals surface area contributed by atoms with Crippen LogP contribution in [0.15, 0.2) is 30.3 Å². The Hall–Kier alpha value is -1.81. The molecule has 20 heavy (non-hydrogen) atoms. The molecule has 1 aliphatic rings. The van der Waals surface area contributed by atoms with Gasteiger partial charge in [0.15, 0.2) is 0 Å². The maximum Gasteiger partial charge on any atom is 0.330 e. The van der Waals surface area contributed by atoms with E-state index in [-0.39, 0.29) is 11.4 Å². The van der Waals surface area contributed by atoms with E-state index in [2.05, 4.69) is 0 Å². The molecule has 0 unspecified atom stereocenters. The van der Waals surface area contributed by atoms with Crippen molar-refractivity contribution in [1.82, 2.24) is 0 Å². The smallest absolute Gasteiger partial charge is 0.330 e. The van der Waals surface area contributed by atoms with E-state index in [1.54, 1.807) is 6.08 Å². The summed E-state index contributed by atoms with van der Waals surface area (Å²) in [6.45, 7) is 6.34. The topological polar surface area (TPSA) is 44.8 Å². The molecule has 1 aliphatic heterocycles. The van der Waals surface area contributed by atoms with Crippen LogP contribution in [0, 0.1) is 5.41 Å². The molecule has 4 heteroatoms. The van der Waals surface area contributed by atoms with Gasteiger partial charge in [-0.05, 0) is 30.7 Å². The molecule has 2 rings (SSSR count). The average Bonchev–Trinajstić information content (AvgIpc) is 2.42. The van der Waals surface area contributed by atoms with Crippen molar-refractivity contribution < 1.29 is 19.0 Å². The fourth-order valence-corrected chi connectivity index (χ4v) is 1.83. The molecule has 0 N–H and O–H groups in total. The molecule has 0 aliphatic carbocycles. The Morgan fingerprint density at radius 2 is 2.05 bits per heavy atom. The molecule has 0 saturated carbocycles. The minimum atomic E-state index is -0.327. The molecule has 0 spiro atoms. The lowest BCUT2D eigenvalue weighted by atomic mass is 9.90. The van der Waals surface area contributed by atoms with Gasteiger partial charge in [-0.3, -0.25) is 0 Å². The highest BCUT2D eigenvalue weighted by molar-refractivity contribution is 5.87. The molecule has 4 nitrogen and oxygen atoms in total. The van der Waals surface area contributed by atoms with E-state index >= 15 is 0 Å². The quantitative estimate of drug-likeness (QED) is 0.592. The number of ether oxygens (including phenoxy) is 3. The Kier molecular flexibility index (Phi) is 4.79. The van der Waals surface area contributed by atoms with Crippen molar-refractivity contribution in [3.05, 3.63) is 35.9 Å². The molecule has 0 bridgehead atoms. The highest BCUT2D eigenvalue weighted by atomic mass is 16.5. The Bertz CT molecular complexity index is 472. The summed E-state index contributed by atoms with van der Waals surface area (Å²) < 4.78 is 15.7. The van der Waals surface area contributed by atoms with Crippen LogP contribution in [-0.2, 0) is 14.3 Å². The molecule has 108 valence electrons. The van der Waals surface area contributed by atoms with Crippen LogP contribution in [0.25, 0.3) is 6.08 Å². The van der Waals surface area contributed by atoms with E-state index in [4.69, 9.17) is 14.2 Å². The minimum Gasteiger partial charge on any atom is -0.494 e. The van der Waals surface area contributed by atoms with E-state index in [1.807, 2.05) is 38.1 Å². The second-order valence-electron chi connectivity index (χ2n) is 5.25. The van der Waals surface area contributed by atoms with E-state index in [0.717, 1.165) is 11.3 Å². The molecule has 1 aromatic carbocycles. The Morgan fingerprint density at radius 1 is 1.35 bits per heavy atom. The third-order valence-electron chi connectivity index (χ3n) is 3.07. The van der Waals surface area contributed by atoms with Crippen LogP contribution in [0.2, 0.25) is 0 Å². The maximum absolute atomic E-state index is 11.6. The zero-order valence-corrected chi connectivity index (χ0v) is 11.9. The van der Waals surface area contributed by atoms with Crippen molar-refractivity contribution in [1.29, 1.82) is 0 Å². The monoisotopic (exact) mass is 276 g/mol. The summed E-state index contributed by atoms with van der Waals surface area (Å²) in [5.74, 6) is 0.497. The van der Waals surface area contributed by atoms with Gasteiger partial charge in [0.25, 0.3) is 0 Å². The van der Waals surface area contributed by atoms with Crippen LogP contribution < -0.4 is 4.74 Å². The van der Waals surface area contributed by atoms with E-state index < -0.39 is 0 Å². The number of hydrogen-bond donors (Lipinski definition) is 0. The molecule has 0 aromatic heterocycles. The SMILES string of the molecule is CCOc1ccc(C=CC(=O)OCC2(C)COC2)cc1. The van der Waals surface area contributed by atoms with Gasteiger partial charge in [0, 0.05) is 11.5 Å². The van der Waals surface area contributed by atoms with Crippen LogP contribution in [0.3, 0.4) is 0 Å². The van der Waals surface area contributed by atoms with Crippen LogP contribution in [0.1, 0.15) is 19.4 Å². The van der Waals surface area contributed by atoms with Gasteiger partial charge in [-0.25, -0.2) is 4.79 Å². The van der Waals surface area contributed by atoms with Crippen molar-refractivity contribution in [2.75, 3.05) is 26.4 Å². The summed E-state index contributed by atoms with van der Waals surface area (Å²) in [6.07, 6.45) is 3.18. The third-order valence-corrected chi connectivity index (χ3v) is 3.07. The highest BCUT2D eigenvalue weighted by Crippen LogP contribution is 2.26. The minimum absolute atomic E-state index is 0.0113. The van der Waals surface area contributed by atoms with Crippen LogP contribution in [0.4, 0.5) is 0 Å². The summed E-state index contributed by atoms with van der Waals surface area (Å²) >= 11 is 0. The molecule has 1 aromatic rings. The first-order valence-corrected chi connectivity index (χ1v) is 6.77. The molecule has 1 fully saturated rings. The van der Waals surface area contributed by atoms with Crippen molar-refractivity contribution in [2.45, 2.75) is 13.8 Å². The van der Waals surface area contributed by atoms with E-state index in [1.165, 1.54) is 6.08 Å². The number of hydrogen-bond acceptors (Lipinski definition) is 4. The van der Waals surface area contributed by atoms with E-state index in [9.17, 15) is 4.79 Å². The lowest BCUT2D eigenvalue weighted by molar-refractivity contribution is -0.160. The first-order chi connectivity index (χ1) is 9.61. The van der Waals surface area contributed by atoms with Gasteiger partial charge in [-0.1, -0.05) is 19.1 Å². The maximum atomic E-state index is 11.6. The molecule has 0 radical (unpaired) electrons. The first-order valence-electron chi connectivity index (χ1n) is 6.77. The fourth-order valence-electron chi connectivity index (χ4n) is 1.83. The summed E-state index contributed by atoms with van der Waals surface area (Å²) in [5.41, 5.74) is 0.923. The number of carbonyl (C=O) groups is 1. The van der Waals surface area contributed by atoms with E-state index in [0.29, 0.717) is 26.4 Å². The predicted octanol–water partition coefficient (Wildman–Crippen LogP) is 2.68. The van der Waals surface area contributed by atoms with Gasteiger partial charge in [0.2, 0.25) is 0 Å². The van der Waals surface area contributed by atoms with Gasteiger partial charge >= 0.3 is 5.97 Å².